The van der Waals surface area contributed by atoms with Gasteiger partial charge in [0.05, 0.1) is 64.1 Å². The first-order chi connectivity index (χ1) is 46.3. The molecule has 15 aliphatic rings. The molecule has 0 aromatic rings. The lowest BCUT2D eigenvalue weighted by molar-refractivity contribution is -0.209. The number of aliphatic hydroxyl groups excluding tert-OH is 1. The second kappa shape index (κ2) is 28.4. The quantitative estimate of drug-likeness (QED) is 0.105. The van der Waals surface area contributed by atoms with E-state index in [-0.39, 0.29) is 115 Å². The minimum Gasteiger partial charge on any atom is -0.462 e. The number of ether oxygens (including phenoxy) is 12. The molecular weight excluding hydrogens is 1280 g/mol. The fourth-order valence-electron chi connectivity index (χ4n) is 17.3. The molecule has 7 aliphatic heterocycles. The lowest BCUT2D eigenvalue weighted by Gasteiger charge is -2.44. The summed E-state index contributed by atoms with van der Waals surface area (Å²) in [6.45, 7) is 28.5. The molecular formula is C75H109NO23. The molecule has 22 atom stereocenters. The summed E-state index contributed by atoms with van der Waals surface area (Å²) in [7, 11) is 0. The number of hydrogen-bond acceptors (Lipinski definition) is 24. The van der Waals surface area contributed by atoms with E-state index in [0.29, 0.717) is 62.4 Å². The third-order valence-electron chi connectivity index (χ3n) is 25.6. The highest BCUT2D eigenvalue weighted by molar-refractivity contribution is 5.85. The molecule has 552 valence electrons. The minimum atomic E-state index is -1.06. The highest BCUT2D eigenvalue weighted by Crippen LogP contribution is 2.63. The molecule has 24 nitrogen and oxygen atoms in total. The van der Waals surface area contributed by atoms with E-state index >= 15 is 0 Å². The van der Waals surface area contributed by atoms with Crippen molar-refractivity contribution in [3.05, 3.63) is 0 Å². The van der Waals surface area contributed by atoms with Crippen LogP contribution in [0.25, 0.3) is 0 Å². The minimum absolute atomic E-state index is 0.0339. The van der Waals surface area contributed by atoms with E-state index in [1.54, 1.807) is 13.8 Å². The topological polar surface area (TPSA) is 325 Å². The summed E-state index contributed by atoms with van der Waals surface area (Å²) in [5.41, 5.74) is -4.70. The van der Waals surface area contributed by atoms with Gasteiger partial charge in [-0.3, -0.25) is 43.2 Å². The average molecular weight is 1390 g/mol. The van der Waals surface area contributed by atoms with Crippen molar-refractivity contribution in [1.29, 1.82) is 5.26 Å². The molecule has 24 heteroatoms. The van der Waals surface area contributed by atoms with Gasteiger partial charge in [0.25, 0.3) is 0 Å². The fraction of sp³-hybridized carbons (Fsp3) is 0.853. The van der Waals surface area contributed by atoms with E-state index in [2.05, 4.69) is 6.07 Å². The number of nitriles is 1. The van der Waals surface area contributed by atoms with Gasteiger partial charge in [-0.1, -0.05) is 34.6 Å². The first-order valence-corrected chi connectivity index (χ1v) is 36.7. The van der Waals surface area contributed by atoms with Gasteiger partial charge < -0.3 is 61.9 Å². The van der Waals surface area contributed by atoms with E-state index < -0.39 is 92.6 Å². The predicted octanol–water partition coefficient (Wildman–Crippen LogP) is 9.44. The number of esters is 10. The molecule has 0 spiro atoms. The van der Waals surface area contributed by atoms with Gasteiger partial charge in [-0.05, 0) is 196 Å². The molecule has 7 saturated heterocycles. The summed E-state index contributed by atoms with van der Waals surface area (Å²) in [5.74, 6) is -1.33. The molecule has 0 aromatic heterocycles. The predicted molar refractivity (Wildman–Crippen MR) is 348 cm³/mol. The number of fused-ring (bicyclic) bond motifs is 7. The summed E-state index contributed by atoms with van der Waals surface area (Å²) in [6, 6.07) is 2.10. The molecule has 12 bridgehead atoms. The Morgan fingerprint density at radius 3 is 1.71 bits per heavy atom. The van der Waals surface area contributed by atoms with Crippen LogP contribution in [0.2, 0.25) is 0 Å². The van der Waals surface area contributed by atoms with Crippen LogP contribution in [0.15, 0.2) is 0 Å². The van der Waals surface area contributed by atoms with Crippen molar-refractivity contribution < 1.29 is 110 Å². The van der Waals surface area contributed by atoms with E-state index in [1.165, 1.54) is 0 Å². The molecule has 0 radical (unpaired) electrons. The van der Waals surface area contributed by atoms with Gasteiger partial charge in [-0.25, -0.2) is 4.79 Å². The van der Waals surface area contributed by atoms with Gasteiger partial charge in [-0.15, -0.1) is 0 Å². The standard InChI is InChI=1S/C17H21NO6.C16H24O4.2C15H22O4.C12H20O5/c1-4-16(2,3)14(20)22-7-11(19)23-12-9-5-10-13(12)24-15(21)17(10,6-9)8-18;1-4-16(2,3)15(18)20-13-10-5-9-6-11(8-10)14(17)19-12(13)7-9;1-4-14(2,3)13(17)19-15-7-9-5-10(8-15)18-12(16)11(15)6-9;1-4-14(2,3)13(17)19-15-7-9-5-10(8-15)12(16)18-11(15)6-9;1-4-12(2,3)11(14)17-8-6-16-9-7(13)5-15-10(8)9/h9-10,12-13H,4-7H2,1-3H3;9-13H,4-8H2,1-3H3;2*9-11H,4-8H2,1-3H3;7-10,13H,4-6H2,1-3H3. The SMILES string of the molecule is CCC(C)(C)C(=O)OC12CC3CC(C1)C(=O)OC2C3.CCC(C)(C)C(=O)OC12CC3CC(C1)OC(=O)C2C3.CCC(C)(C)C(=O)OC1C2CC3CC(C2)C(=O)OC1C3.CCC(C)(C)C(=O)OC1COC2C(O)COC12.CCC(C)(C)C(=O)OCC(=O)OC1C2CC3C1OC(=O)C3(C#N)C2. The molecule has 22 unspecified atom stereocenters. The smallest absolute Gasteiger partial charge is 0.344 e. The van der Waals surface area contributed by atoms with E-state index in [4.69, 9.17) is 56.8 Å². The maximum absolute atomic E-state index is 12.4. The Hall–Kier alpha value is -5.93. The van der Waals surface area contributed by atoms with Crippen LogP contribution in [0.1, 0.15) is 226 Å². The summed E-state index contributed by atoms with van der Waals surface area (Å²) >= 11 is 0. The van der Waals surface area contributed by atoms with Gasteiger partial charge in [0.2, 0.25) is 0 Å². The molecule has 8 saturated carbocycles. The van der Waals surface area contributed by atoms with Crippen LogP contribution >= 0.6 is 0 Å². The Labute approximate surface area is 582 Å². The first kappa shape index (κ1) is 75.7. The van der Waals surface area contributed by atoms with Crippen LogP contribution in [0.5, 0.6) is 0 Å². The van der Waals surface area contributed by atoms with Crippen LogP contribution in [-0.2, 0) is 105 Å². The average Bonchev–Trinajstić information content (AvgIpc) is 1.56. The summed E-state index contributed by atoms with van der Waals surface area (Å²) in [4.78, 5) is 121. The number of carbonyl (C=O) groups excluding carboxylic acids is 10. The molecule has 7 heterocycles. The summed E-state index contributed by atoms with van der Waals surface area (Å²) < 4.78 is 66.0. The van der Waals surface area contributed by atoms with Crippen LogP contribution in [-0.4, -0.2) is 157 Å². The number of rotatable bonds is 17. The van der Waals surface area contributed by atoms with E-state index in [1.807, 2.05) is 90.0 Å². The Morgan fingerprint density at radius 2 is 1.07 bits per heavy atom. The molecule has 99 heavy (non-hydrogen) atoms. The zero-order valence-electron chi connectivity index (χ0n) is 60.9. The lowest BCUT2D eigenvalue weighted by Crippen LogP contribution is -2.54. The molecule has 15 fully saturated rings. The van der Waals surface area contributed by atoms with Crippen LogP contribution in [0.4, 0.5) is 0 Å². The van der Waals surface area contributed by atoms with E-state index in [9.17, 15) is 58.3 Å². The van der Waals surface area contributed by atoms with Gasteiger partial charge in [0, 0.05) is 30.6 Å². The normalized spacial score (nSPS) is 38.5. The van der Waals surface area contributed by atoms with Crippen LogP contribution in [0.3, 0.4) is 0 Å². The number of aliphatic hydroxyl groups is 1. The van der Waals surface area contributed by atoms with E-state index in [0.717, 1.165) is 89.9 Å². The third kappa shape index (κ3) is 14.9. The highest BCUT2D eigenvalue weighted by atomic mass is 16.7. The van der Waals surface area contributed by atoms with Crippen molar-refractivity contribution >= 4 is 59.7 Å². The van der Waals surface area contributed by atoms with Crippen molar-refractivity contribution in [3.63, 3.8) is 0 Å². The van der Waals surface area contributed by atoms with Gasteiger partial charge in [0.15, 0.2) is 18.1 Å². The van der Waals surface area contributed by atoms with Crippen molar-refractivity contribution in [2.45, 2.75) is 298 Å². The fourth-order valence-corrected chi connectivity index (χ4v) is 17.3. The number of hydrogen-bond donors (Lipinski definition) is 1. The van der Waals surface area contributed by atoms with Gasteiger partial charge in [0.1, 0.15) is 66.1 Å². The first-order valence-electron chi connectivity index (χ1n) is 36.7. The van der Waals surface area contributed by atoms with Crippen LogP contribution in [0, 0.1) is 97.1 Å². The molecule has 15 rings (SSSR count). The maximum atomic E-state index is 12.4. The van der Waals surface area contributed by atoms with Crippen molar-refractivity contribution in [3.8, 4) is 6.07 Å². The molecule has 0 aromatic carbocycles. The summed E-state index contributed by atoms with van der Waals surface area (Å²) in [6.07, 6.45) is 11.5. The third-order valence-corrected chi connectivity index (χ3v) is 25.6. The monoisotopic (exact) mass is 1390 g/mol. The zero-order chi connectivity index (χ0) is 72.5. The second-order valence-corrected chi connectivity index (χ2v) is 34.3. The zero-order valence-corrected chi connectivity index (χ0v) is 60.9. The second-order valence-electron chi connectivity index (χ2n) is 34.3. The number of carbonyl (C=O) groups is 10. The number of nitrogens with zero attached hydrogens (tertiary/aromatic N) is 1. The van der Waals surface area contributed by atoms with Crippen molar-refractivity contribution in [2.75, 3.05) is 19.8 Å². The Bertz CT molecular complexity index is 3160. The Morgan fingerprint density at radius 1 is 0.505 bits per heavy atom. The largest absolute Gasteiger partial charge is 0.462 e. The van der Waals surface area contributed by atoms with Gasteiger partial charge >= 0.3 is 59.7 Å². The summed E-state index contributed by atoms with van der Waals surface area (Å²) in [5, 5.41) is 18.9. The molecule has 1 N–H and O–H groups in total. The van der Waals surface area contributed by atoms with Crippen LogP contribution < -0.4 is 0 Å². The Kier molecular flexibility index (Phi) is 21.7. The lowest BCUT2D eigenvalue weighted by atomic mass is 9.67. The highest BCUT2D eigenvalue weighted by Gasteiger charge is 2.73. The Balaban J connectivity index is 0.000000134. The van der Waals surface area contributed by atoms with Crippen molar-refractivity contribution in [2.24, 2.45) is 85.8 Å². The van der Waals surface area contributed by atoms with Gasteiger partial charge in [-0.2, -0.15) is 5.26 Å². The molecule has 0 amide bonds. The van der Waals surface area contributed by atoms with Crippen molar-refractivity contribution in [1.82, 2.24) is 0 Å². The molecule has 8 aliphatic carbocycles. The maximum Gasteiger partial charge on any atom is 0.344 e.